The summed E-state index contributed by atoms with van der Waals surface area (Å²) >= 11 is 3.04. The smallest absolute Gasteiger partial charge is 0.340 e. The van der Waals surface area contributed by atoms with Crippen LogP contribution < -0.4 is 4.74 Å². The second kappa shape index (κ2) is 7.08. The summed E-state index contributed by atoms with van der Waals surface area (Å²) in [7, 11) is -3.45. The molecule has 0 spiro atoms. The lowest BCUT2D eigenvalue weighted by Gasteiger charge is -2.33. The molecule has 1 aliphatic carbocycles. The van der Waals surface area contributed by atoms with E-state index in [1.807, 2.05) is 0 Å². The Balaban J connectivity index is 1.85. The van der Waals surface area contributed by atoms with Gasteiger partial charge in [0.2, 0.25) is 14.3 Å². The number of halogens is 3. The number of ether oxygens (including phenoxy) is 1. The fourth-order valence-electron chi connectivity index (χ4n) is 2.79. The molecule has 0 radical (unpaired) electrons. The minimum absolute atomic E-state index is 0.0256. The van der Waals surface area contributed by atoms with E-state index >= 15 is 0 Å². The predicted molar refractivity (Wildman–Crippen MR) is 92.1 cm³/mol. The number of rotatable bonds is 5. The fourth-order valence-corrected chi connectivity index (χ4v) is 3.95. The third-order valence-corrected chi connectivity index (χ3v) is 5.62. The number of benzene rings is 1. The third-order valence-electron chi connectivity index (χ3n) is 4.22. The van der Waals surface area contributed by atoms with Crippen LogP contribution in [-0.4, -0.2) is 20.9 Å². The molecule has 3 rings (SSSR count). The molecular formula is C16H14BrF2N2O3P. The molecule has 0 unspecified atom stereocenters. The number of fused-ring (bicyclic) bond motifs is 1. The summed E-state index contributed by atoms with van der Waals surface area (Å²) < 4.78 is 33.8. The van der Waals surface area contributed by atoms with Gasteiger partial charge in [-0.2, -0.15) is 14.0 Å². The maximum Gasteiger partial charge on any atom is 0.340 e. The van der Waals surface area contributed by atoms with Crippen molar-refractivity contribution < 1.29 is 23.3 Å². The van der Waals surface area contributed by atoms with E-state index in [1.54, 1.807) is 6.07 Å². The van der Waals surface area contributed by atoms with E-state index < -0.39 is 19.6 Å². The first-order valence-electron chi connectivity index (χ1n) is 7.50. The Kier molecular flexibility index (Phi) is 5.21. The SMILES string of the molecule is N#CCC1CC(Oc2cc3cc(C(F)(F)P(O)O)c(Br)cc3cn2)C1. The molecular weight excluding hydrogens is 417 g/mol. The highest BCUT2D eigenvalue weighted by Crippen LogP contribution is 2.54. The molecule has 1 fully saturated rings. The molecule has 25 heavy (non-hydrogen) atoms. The van der Waals surface area contributed by atoms with Crippen LogP contribution in [0.5, 0.6) is 5.88 Å². The molecule has 9 heteroatoms. The molecule has 0 aliphatic heterocycles. The second-order valence-corrected chi connectivity index (χ2v) is 7.97. The topological polar surface area (TPSA) is 86.4 Å². The number of aromatic nitrogens is 1. The van der Waals surface area contributed by atoms with Gasteiger partial charge in [-0.1, -0.05) is 15.9 Å². The Morgan fingerprint density at radius 3 is 2.68 bits per heavy atom. The van der Waals surface area contributed by atoms with Gasteiger partial charge in [0.05, 0.1) is 6.07 Å². The van der Waals surface area contributed by atoms with Gasteiger partial charge >= 0.3 is 5.66 Å². The van der Waals surface area contributed by atoms with Crippen LogP contribution in [0, 0.1) is 17.2 Å². The fraction of sp³-hybridized carbons (Fsp3) is 0.375. The average molecular weight is 431 g/mol. The van der Waals surface area contributed by atoms with Gasteiger partial charge in [0.25, 0.3) is 0 Å². The summed E-state index contributed by atoms with van der Waals surface area (Å²) in [6, 6.07) is 6.34. The Morgan fingerprint density at radius 2 is 2.04 bits per heavy atom. The van der Waals surface area contributed by atoms with Gasteiger partial charge in [-0.15, -0.1) is 0 Å². The zero-order chi connectivity index (χ0) is 18.2. The molecule has 0 atom stereocenters. The van der Waals surface area contributed by atoms with Gasteiger partial charge in [-0.3, -0.25) is 0 Å². The zero-order valence-electron chi connectivity index (χ0n) is 12.9. The lowest BCUT2D eigenvalue weighted by atomic mass is 9.80. The van der Waals surface area contributed by atoms with E-state index in [0.29, 0.717) is 29.0 Å². The lowest BCUT2D eigenvalue weighted by Crippen LogP contribution is -2.33. The van der Waals surface area contributed by atoms with E-state index in [0.717, 1.165) is 12.8 Å². The van der Waals surface area contributed by atoms with E-state index in [2.05, 4.69) is 27.0 Å². The third kappa shape index (κ3) is 3.75. The molecule has 1 aromatic carbocycles. The molecule has 1 aromatic heterocycles. The van der Waals surface area contributed by atoms with E-state index in [4.69, 9.17) is 19.8 Å². The number of hydrogen-bond acceptors (Lipinski definition) is 5. The van der Waals surface area contributed by atoms with Crippen molar-refractivity contribution in [3.63, 3.8) is 0 Å². The number of alkyl halides is 2. The van der Waals surface area contributed by atoms with Crippen LogP contribution in [0.15, 0.2) is 28.9 Å². The summed E-state index contributed by atoms with van der Waals surface area (Å²) in [5.74, 6) is 0.657. The van der Waals surface area contributed by atoms with Gasteiger partial charge in [-0.25, -0.2) is 4.98 Å². The molecule has 2 aromatic rings. The number of nitriles is 1. The van der Waals surface area contributed by atoms with Crippen molar-refractivity contribution in [2.45, 2.75) is 31.0 Å². The largest absolute Gasteiger partial charge is 0.474 e. The Hall–Kier alpha value is -1.39. The second-order valence-electron chi connectivity index (χ2n) is 5.97. The van der Waals surface area contributed by atoms with Crippen LogP contribution in [0.1, 0.15) is 24.8 Å². The van der Waals surface area contributed by atoms with Gasteiger partial charge in [-0.05, 0) is 36.3 Å². The van der Waals surface area contributed by atoms with Crippen LogP contribution in [-0.2, 0) is 5.66 Å². The van der Waals surface area contributed by atoms with Crippen molar-refractivity contribution in [1.29, 1.82) is 5.26 Å². The molecule has 132 valence electrons. The minimum atomic E-state index is -3.74. The summed E-state index contributed by atoms with van der Waals surface area (Å²) in [5.41, 5.74) is -4.24. The van der Waals surface area contributed by atoms with Gasteiger partial charge in [0, 0.05) is 34.1 Å². The van der Waals surface area contributed by atoms with Crippen molar-refractivity contribution in [3.05, 3.63) is 34.4 Å². The molecule has 0 amide bonds. The van der Waals surface area contributed by atoms with Crippen molar-refractivity contribution in [2.75, 3.05) is 0 Å². The minimum Gasteiger partial charge on any atom is -0.474 e. The highest BCUT2D eigenvalue weighted by molar-refractivity contribution is 9.10. The molecule has 5 nitrogen and oxygen atoms in total. The van der Waals surface area contributed by atoms with Crippen LogP contribution in [0.2, 0.25) is 0 Å². The van der Waals surface area contributed by atoms with Crippen LogP contribution >= 0.6 is 24.3 Å². The standard InChI is InChI=1S/C16H14BrF2N2O3P/c17-14-6-11-8-21-15(24-12-3-9(4-12)1-2-20)7-10(11)5-13(14)16(18,19)25(22)23/h5-9,12,22-23H,1,3-4H2. The van der Waals surface area contributed by atoms with Crippen molar-refractivity contribution in [2.24, 2.45) is 5.92 Å². The lowest BCUT2D eigenvalue weighted by molar-refractivity contribution is 0.0632. The summed E-state index contributed by atoms with van der Waals surface area (Å²) in [6.07, 6.45) is 3.54. The summed E-state index contributed by atoms with van der Waals surface area (Å²) in [4.78, 5) is 22.2. The highest BCUT2D eigenvalue weighted by atomic mass is 79.9. The van der Waals surface area contributed by atoms with Gasteiger partial charge < -0.3 is 14.5 Å². The van der Waals surface area contributed by atoms with E-state index in [-0.39, 0.29) is 10.6 Å². The first-order chi connectivity index (χ1) is 11.8. The van der Waals surface area contributed by atoms with Crippen LogP contribution in [0.25, 0.3) is 10.8 Å². The quantitative estimate of drug-likeness (QED) is 0.685. The van der Waals surface area contributed by atoms with Crippen LogP contribution in [0.4, 0.5) is 8.78 Å². The monoisotopic (exact) mass is 430 g/mol. The first-order valence-corrected chi connectivity index (χ1v) is 9.54. The Labute approximate surface area is 152 Å². The molecule has 1 aliphatic rings. The van der Waals surface area contributed by atoms with Crippen LogP contribution in [0.3, 0.4) is 0 Å². The molecule has 2 N–H and O–H groups in total. The number of nitrogens with zero attached hydrogens (tertiary/aromatic N) is 2. The summed E-state index contributed by atoms with van der Waals surface area (Å²) in [6.45, 7) is 0. The maximum atomic E-state index is 14.0. The molecule has 1 saturated carbocycles. The van der Waals surface area contributed by atoms with Gasteiger partial charge in [0.15, 0.2) is 0 Å². The Bertz CT molecular complexity index is 838. The molecule has 1 heterocycles. The highest BCUT2D eigenvalue weighted by Gasteiger charge is 2.42. The van der Waals surface area contributed by atoms with E-state index in [9.17, 15) is 8.78 Å². The average Bonchev–Trinajstić information content (AvgIpc) is 2.52. The van der Waals surface area contributed by atoms with Crippen molar-refractivity contribution in [3.8, 4) is 11.9 Å². The Morgan fingerprint density at radius 1 is 1.32 bits per heavy atom. The normalized spacial score (nSPS) is 20.4. The predicted octanol–water partition coefficient (Wildman–Crippen LogP) is 4.41. The van der Waals surface area contributed by atoms with E-state index in [1.165, 1.54) is 18.3 Å². The summed E-state index contributed by atoms with van der Waals surface area (Å²) in [5, 5.41) is 9.73. The van der Waals surface area contributed by atoms with Crippen molar-refractivity contribution in [1.82, 2.24) is 4.98 Å². The molecule has 0 bridgehead atoms. The van der Waals surface area contributed by atoms with Crippen molar-refractivity contribution >= 4 is 35.1 Å². The zero-order valence-corrected chi connectivity index (χ0v) is 15.3. The number of hydrogen-bond donors (Lipinski definition) is 2. The number of pyridine rings is 1. The maximum absolute atomic E-state index is 14.0. The first kappa shape index (κ1) is 18.4. The van der Waals surface area contributed by atoms with Gasteiger partial charge in [0.1, 0.15) is 6.10 Å². The molecule has 0 saturated heterocycles.